The first-order valence-electron chi connectivity index (χ1n) is 5.96. The fourth-order valence-electron chi connectivity index (χ4n) is 1.77. The van der Waals surface area contributed by atoms with E-state index in [9.17, 15) is 13.2 Å². The van der Waals surface area contributed by atoms with Crippen molar-refractivity contribution in [2.75, 3.05) is 6.26 Å². The highest BCUT2D eigenvalue weighted by molar-refractivity contribution is 7.90. The summed E-state index contributed by atoms with van der Waals surface area (Å²) < 4.78 is 23.3. The van der Waals surface area contributed by atoms with Crippen LogP contribution in [0.5, 0.6) is 0 Å². The van der Waals surface area contributed by atoms with Crippen LogP contribution in [0.15, 0.2) is 40.6 Å². The van der Waals surface area contributed by atoms with Crippen molar-refractivity contribution in [3.63, 3.8) is 0 Å². The zero-order valence-corrected chi connectivity index (χ0v) is 12.8. The predicted molar refractivity (Wildman–Crippen MR) is 79.8 cm³/mol. The number of nitrogens with one attached hydrogen (secondary N) is 1. The van der Waals surface area contributed by atoms with Crippen molar-refractivity contribution >= 4 is 27.1 Å². The zero-order chi connectivity index (χ0) is 15.5. The molecule has 5 nitrogen and oxygen atoms in total. The fourth-order valence-corrected chi connectivity index (χ4v) is 3.41. The molecule has 21 heavy (non-hydrogen) atoms. The quantitative estimate of drug-likeness (QED) is 0.933. The van der Waals surface area contributed by atoms with E-state index >= 15 is 0 Å². The minimum absolute atomic E-state index is 0.00592. The minimum atomic E-state index is -3.46. The van der Waals surface area contributed by atoms with Crippen LogP contribution in [0.1, 0.15) is 20.8 Å². The number of benzene rings is 1. The molecule has 0 atom stereocenters. The van der Waals surface area contributed by atoms with E-state index in [2.05, 4.69) is 5.32 Å². The molecule has 0 unspecified atom stereocenters. The highest BCUT2D eigenvalue weighted by Crippen LogP contribution is 2.16. The molecule has 1 N–H and O–H groups in total. The van der Waals surface area contributed by atoms with Crippen LogP contribution >= 0.6 is 11.3 Å². The first-order valence-corrected chi connectivity index (χ1v) is 8.73. The first kappa shape index (κ1) is 15.2. The fraction of sp³-hybridized carbons (Fsp3) is 0.143. The highest BCUT2D eigenvalue weighted by atomic mass is 32.2. The smallest absolute Gasteiger partial charge is 0.252 e. The highest BCUT2D eigenvalue weighted by Gasteiger charge is 2.17. The Hall–Kier alpha value is -2.17. The summed E-state index contributed by atoms with van der Waals surface area (Å²) in [5.74, 6) is -0.456. The molecule has 0 aliphatic rings. The average molecular weight is 320 g/mol. The van der Waals surface area contributed by atoms with Crippen LogP contribution in [0, 0.1) is 11.3 Å². The van der Waals surface area contributed by atoms with Crippen LogP contribution in [0.2, 0.25) is 0 Å². The number of thiophene rings is 1. The van der Waals surface area contributed by atoms with Gasteiger partial charge in [-0.1, -0.05) is 12.1 Å². The molecule has 0 bridgehead atoms. The number of sulfone groups is 1. The summed E-state index contributed by atoms with van der Waals surface area (Å²) in [7, 11) is -3.46. The Balaban J connectivity index is 2.16. The van der Waals surface area contributed by atoms with Crippen molar-refractivity contribution in [3.8, 4) is 6.07 Å². The van der Waals surface area contributed by atoms with Crippen LogP contribution in [0.25, 0.3) is 0 Å². The third-order valence-electron chi connectivity index (χ3n) is 2.74. The molecule has 2 rings (SSSR count). The molecule has 0 aliphatic heterocycles. The molecular weight excluding hydrogens is 308 g/mol. The van der Waals surface area contributed by atoms with Crippen LogP contribution in [0.3, 0.4) is 0 Å². The Morgan fingerprint density at radius 1 is 1.38 bits per heavy atom. The van der Waals surface area contributed by atoms with E-state index < -0.39 is 15.7 Å². The summed E-state index contributed by atoms with van der Waals surface area (Å²) in [5, 5.41) is 13.1. The van der Waals surface area contributed by atoms with Crippen molar-refractivity contribution in [1.29, 1.82) is 5.26 Å². The Labute approximate surface area is 126 Å². The van der Waals surface area contributed by atoms with Crippen LogP contribution in [-0.2, 0) is 16.4 Å². The molecule has 0 fully saturated rings. The average Bonchev–Trinajstić information content (AvgIpc) is 2.92. The van der Waals surface area contributed by atoms with Gasteiger partial charge in [0.15, 0.2) is 9.84 Å². The molecule has 2 aromatic rings. The van der Waals surface area contributed by atoms with Gasteiger partial charge in [-0.15, -0.1) is 11.3 Å². The number of hydrogen-bond acceptors (Lipinski definition) is 5. The lowest BCUT2D eigenvalue weighted by Gasteiger charge is -2.08. The Bertz CT molecular complexity index is 817. The Morgan fingerprint density at radius 2 is 2.10 bits per heavy atom. The molecule has 1 aromatic carbocycles. The van der Waals surface area contributed by atoms with E-state index in [4.69, 9.17) is 5.26 Å². The number of amides is 1. The monoisotopic (exact) mass is 320 g/mol. The molecule has 7 heteroatoms. The summed E-state index contributed by atoms with van der Waals surface area (Å²) >= 11 is 1.37. The number of hydrogen-bond donors (Lipinski definition) is 1. The number of nitriles is 1. The first-order chi connectivity index (χ1) is 9.91. The van der Waals surface area contributed by atoms with Gasteiger partial charge in [0.05, 0.1) is 22.6 Å². The van der Waals surface area contributed by atoms with E-state index in [-0.39, 0.29) is 17.0 Å². The summed E-state index contributed by atoms with van der Waals surface area (Å²) in [6.07, 6.45) is 1.07. The van der Waals surface area contributed by atoms with Crippen LogP contribution < -0.4 is 5.32 Å². The number of nitrogens with zero attached hydrogens (tertiary/aromatic N) is 1. The molecule has 108 valence electrons. The maximum atomic E-state index is 12.1. The Kier molecular flexibility index (Phi) is 4.40. The van der Waals surface area contributed by atoms with E-state index in [0.29, 0.717) is 5.56 Å². The van der Waals surface area contributed by atoms with Crippen molar-refractivity contribution in [2.45, 2.75) is 11.4 Å². The maximum Gasteiger partial charge on any atom is 0.252 e. The normalized spacial score (nSPS) is 10.9. The van der Waals surface area contributed by atoms with Crippen molar-refractivity contribution in [3.05, 3.63) is 51.7 Å². The summed E-state index contributed by atoms with van der Waals surface area (Å²) in [5.41, 5.74) is 0.665. The van der Waals surface area contributed by atoms with Gasteiger partial charge in [0.2, 0.25) is 0 Å². The van der Waals surface area contributed by atoms with Gasteiger partial charge in [-0.25, -0.2) is 8.42 Å². The molecule has 1 aromatic heterocycles. The number of carbonyl (C=O) groups is 1. The van der Waals surface area contributed by atoms with E-state index in [1.54, 1.807) is 23.6 Å². The summed E-state index contributed by atoms with van der Waals surface area (Å²) in [4.78, 5) is 13.0. The second-order valence-electron chi connectivity index (χ2n) is 4.36. The van der Waals surface area contributed by atoms with E-state index in [1.807, 2.05) is 6.07 Å². The van der Waals surface area contributed by atoms with Crippen molar-refractivity contribution < 1.29 is 13.2 Å². The van der Waals surface area contributed by atoms with Gasteiger partial charge >= 0.3 is 0 Å². The molecule has 1 amide bonds. The van der Waals surface area contributed by atoms with Crippen molar-refractivity contribution in [2.24, 2.45) is 0 Å². The number of carbonyl (C=O) groups excluding carboxylic acids is 1. The van der Waals surface area contributed by atoms with Gasteiger partial charge in [0, 0.05) is 16.5 Å². The lowest BCUT2D eigenvalue weighted by molar-refractivity contribution is 0.0948. The maximum absolute atomic E-state index is 12.1. The van der Waals surface area contributed by atoms with Gasteiger partial charge in [0.25, 0.3) is 5.91 Å². The summed E-state index contributed by atoms with van der Waals surface area (Å²) in [6.45, 7) is 0.253. The van der Waals surface area contributed by atoms with Gasteiger partial charge in [0.1, 0.15) is 6.07 Å². The van der Waals surface area contributed by atoms with E-state index in [1.165, 1.54) is 23.5 Å². The van der Waals surface area contributed by atoms with Gasteiger partial charge in [-0.05, 0) is 18.2 Å². The van der Waals surface area contributed by atoms with Crippen LogP contribution in [0.4, 0.5) is 0 Å². The SMILES string of the molecule is CS(=O)(=O)c1ccccc1C(=O)NCc1cc(C#N)cs1. The zero-order valence-electron chi connectivity index (χ0n) is 11.2. The molecule has 0 saturated heterocycles. The molecule has 0 radical (unpaired) electrons. The lowest BCUT2D eigenvalue weighted by atomic mass is 10.2. The molecule has 0 saturated carbocycles. The second kappa shape index (κ2) is 6.08. The van der Waals surface area contributed by atoms with Crippen molar-refractivity contribution in [1.82, 2.24) is 5.32 Å². The largest absolute Gasteiger partial charge is 0.347 e. The standard InChI is InChI=1S/C14H12N2O3S2/c1-21(18,19)13-5-3-2-4-12(13)14(17)16-8-11-6-10(7-15)9-20-11/h2-6,9H,8H2,1H3,(H,16,17). The summed E-state index contributed by atoms with van der Waals surface area (Å²) in [6, 6.07) is 9.77. The minimum Gasteiger partial charge on any atom is -0.347 e. The predicted octanol–water partition coefficient (Wildman–Crippen LogP) is 1.95. The van der Waals surface area contributed by atoms with Crippen LogP contribution in [-0.4, -0.2) is 20.6 Å². The number of rotatable bonds is 4. The van der Waals surface area contributed by atoms with Gasteiger partial charge in [-0.2, -0.15) is 5.26 Å². The molecule has 0 spiro atoms. The van der Waals surface area contributed by atoms with Gasteiger partial charge in [-0.3, -0.25) is 4.79 Å². The molecular formula is C14H12N2O3S2. The topological polar surface area (TPSA) is 87.0 Å². The third-order valence-corrected chi connectivity index (χ3v) is 4.83. The third kappa shape index (κ3) is 3.68. The molecule has 1 heterocycles. The van der Waals surface area contributed by atoms with E-state index in [0.717, 1.165) is 11.1 Å². The molecule has 0 aliphatic carbocycles. The van der Waals surface area contributed by atoms with Gasteiger partial charge < -0.3 is 5.32 Å². The second-order valence-corrected chi connectivity index (χ2v) is 7.34. The lowest BCUT2D eigenvalue weighted by Crippen LogP contribution is -2.24. The Morgan fingerprint density at radius 3 is 2.71 bits per heavy atom.